The number of pyridine rings is 1. The molecule has 6 nitrogen and oxygen atoms in total. The summed E-state index contributed by atoms with van der Waals surface area (Å²) in [6, 6.07) is 20.8. The van der Waals surface area contributed by atoms with Crippen LogP contribution in [0.3, 0.4) is 0 Å². The van der Waals surface area contributed by atoms with E-state index in [1.165, 1.54) is 0 Å². The number of thioether (sulfide) groups is 1. The van der Waals surface area contributed by atoms with Crippen LogP contribution in [0.15, 0.2) is 104 Å². The second-order valence-corrected chi connectivity index (χ2v) is 11.3. The maximum Gasteiger partial charge on any atom is 0.211 e. The Hall–Kier alpha value is -4.56. The van der Waals surface area contributed by atoms with Gasteiger partial charge in [-0.05, 0) is 78.3 Å². The third kappa shape index (κ3) is 9.71. The van der Waals surface area contributed by atoms with E-state index in [4.69, 9.17) is 9.47 Å². The molecule has 1 aromatic heterocycles. The van der Waals surface area contributed by atoms with E-state index in [1.807, 2.05) is 80.6 Å². The molecule has 0 spiro atoms. The van der Waals surface area contributed by atoms with Crippen LogP contribution in [0.4, 0.5) is 4.39 Å². The number of ether oxygens (including phenoxy) is 2. The van der Waals surface area contributed by atoms with E-state index in [0.717, 1.165) is 51.0 Å². The van der Waals surface area contributed by atoms with E-state index in [1.54, 1.807) is 38.2 Å². The molecule has 1 heterocycles. The summed E-state index contributed by atoms with van der Waals surface area (Å²) < 4.78 is 25.3. The van der Waals surface area contributed by atoms with Crippen LogP contribution < -0.4 is 20.1 Å². The van der Waals surface area contributed by atoms with Crippen LogP contribution in [0.2, 0.25) is 0 Å². The topological polar surface area (TPSA) is 72.5 Å². The van der Waals surface area contributed by atoms with E-state index in [-0.39, 0.29) is 11.9 Å². The van der Waals surface area contributed by atoms with Gasteiger partial charge in [-0.1, -0.05) is 61.7 Å². The van der Waals surface area contributed by atoms with Crippen molar-refractivity contribution in [2.45, 2.75) is 32.7 Å². The molecular formula is C37H42FN3O3S. The molecule has 8 heteroatoms. The van der Waals surface area contributed by atoms with Gasteiger partial charge in [0.05, 0.1) is 25.8 Å². The van der Waals surface area contributed by atoms with Gasteiger partial charge in [-0.2, -0.15) is 11.8 Å². The van der Waals surface area contributed by atoms with Gasteiger partial charge in [-0.25, -0.2) is 4.39 Å². The van der Waals surface area contributed by atoms with Crippen molar-refractivity contribution in [1.29, 1.82) is 0 Å². The monoisotopic (exact) mass is 627 g/mol. The zero-order valence-electron chi connectivity index (χ0n) is 26.7. The van der Waals surface area contributed by atoms with Crippen LogP contribution in [0, 0.1) is 5.82 Å². The molecule has 1 unspecified atom stereocenters. The molecule has 4 aromatic rings. The minimum atomic E-state index is -0.200. The second kappa shape index (κ2) is 17.7. The highest BCUT2D eigenvalue weighted by Crippen LogP contribution is 2.33. The SMILES string of the molecule is C/C=C(\C)c1ccc(Cc2ccnc3cc(OC)c(OC)cc23)c(F)c1.C=C(CCSC)NC(C(=C)NC=O)c1ccccc1. The third-order valence-electron chi connectivity index (χ3n) is 7.34. The van der Waals surface area contributed by atoms with Crippen molar-refractivity contribution in [1.82, 2.24) is 15.6 Å². The van der Waals surface area contributed by atoms with Crippen LogP contribution in [-0.4, -0.2) is 37.6 Å². The lowest BCUT2D eigenvalue weighted by molar-refractivity contribution is -0.109. The lowest BCUT2D eigenvalue weighted by Gasteiger charge is -2.23. The van der Waals surface area contributed by atoms with Crippen molar-refractivity contribution in [2.24, 2.45) is 0 Å². The van der Waals surface area contributed by atoms with Crippen LogP contribution in [0.25, 0.3) is 16.5 Å². The van der Waals surface area contributed by atoms with Gasteiger partial charge in [0.2, 0.25) is 6.41 Å². The minimum Gasteiger partial charge on any atom is -0.493 e. The summed E-state index contributed by atoms with van der Waals surface area (Å²) >= 11 is 1.78. The zero-order valence-corrected chi connectivity index (χ0v) is 27.5. The fourth-order valence-corrected chi connectivity index (χ4v) is 5.12. The predicted octanol–water partition coefficient (Wildman–Crippen LogP) is 8.25. The maximum atomic E-state index is 14.6. The number of aromatic nitrogens is 1. The van der Waals surface area contributed by atoms with Gasteiger partial charge in [0.15, 0.2) is 11.5 Å². The Morgan fingerprint density at radius 3 is 2.36 bits per heavy atom. The molecule has 0 bridgehead atoms. The van der Waals surface area contributed by atoms with Crippen molar-refractivity contribution in [2.75, 3.05) is 26.2 Å². The minimum absolute atomic E-state index is 0.152. The van der Waals surface area contributed by atoms with E-state index in [9.17, 15) is 9.18 Å². The number of amides is 1. The molecule has 0 aliphatic heterocycles. The summed E-state index contributed by atoms with van der Waals surface area (Å²) in [6.07, 6.45) is 7.79. The first-order chi connectivity index (χ1) is 21.8. The number of carbonyl (C=O) groups excluding carboxylic acids is 1. The third-order valence-corrected chi connectivity index (χ3v) is 7.95. The largest absolute Gasteiger partial charge is 0.493 e. The first-order valence-corrected chi connectivity index (χ1v) is 15.9. The van der Waals surface area contributed by atoms with Crippen LogP contribution >= 0.6 is 11.8 Å². The number of nitrogens with one attached hydrogen (secondary N) is 2. The van der Waals surface area contributed by atoms with Gasteiger partial charge >= 0.3 is 0 Å². The molecule has 1 amide bonds. The number of halogens is 1. The average molecular weight is 628 g/mol. The molecule has 0 radical (unpaired) electrons. The molecule has 0 aliphatic carbocycles. The quantitative estimate of drug-likeness (QED) is 0.137. The summed E-state index contributed by atoms with van der Waals surface area (Å²) in [5.74, 6) is 2.07. The van der Waals surface area contributed by atoms with Gasteiger partial charge in [-0.3, -0.25) is 9.78 Å². The highest BCUT2D eigenvalue weighted by Gasteiger charge is 2.15. The Morgan fingerprint density at radius 2 is 1.73 bits per heavy atom. The highest BCUT2D eigenvalue weighted by molar-refractivity contribution is 7.98. The van der Waals surface area contributed by atoms with Crippen molar-refractivity contribution in [3.63, 3.8) is 0 Å². The number of carbonyl (C=O) groups is 1. The zero-order chi connectivity index (χ0) is 32.8. The number of allylic oxidation sites excluding steroid dienone is 3. The van der Waals surface area contributed by atoms with Crippen LogP contribution in [0.5, 0.6) is 11.5 Å². The fourth-order valence-electron chi connectivity index (χ4n) is 4.67. The molecule has 3 aromatic carbocycles. The van der Waals surface area contributed by atoms with Crippen molar-refractivity contribution in [3.05, 3.63) is 132 Å². The number of methoxy groups -OCH3 is 2. The highest BCUT2D eigenvalue weighted by atomic mass is 32.2. The lowest BCUT2D eigenvalue weighted by atomic mass is 9.98. The van der Waals surface area contributed by atoms with Crippen molar-refractivity contribution < 1.29 is 18.7 Å². The first-order valence-electron chi connectivity index (χ1n) is 14.5. The van der Waals surface area contributed by atoms with E-state index in [2.05, 4.69) is 35.0 Å². The first kappa shape index (κ1) is 34.9. The summed E-state index contributed by atoms with van der Waals surface area (Å²) in [4.78, 5) is 15.0. The molecular weight excluding hydrogens is 585 g/mol. The lowest BCUT2D eigenvalue weighted by Crippen LogP contribution is -2.28. The molecule has 0 fully saturated rings. The number of hydrogen-bond acceptors (Lipinski definition) is 6. The van der Waals surface area contributed by atoms with E-state index in [0.29, 0.717) is 35.6 Å². The van der Waals surface area contributed by atoms with Crippen LogP contribution in [-0.2, 0) is 11.2 Å². The fraction of sp³-hybridized carbons (Fsp3) is 0.243. The van der Waals surface area contributed by atoms with Crippen molar-refractivity contribution >= 4 is 34.6 Å². The molecule has 0 aliphatic rings. The van der Waals surface area contributed by atoms with Gasteiger partial charge in [0, 0.05) is 35.5 Å². The van der Waals surface area contributed by atoms with Gasteiger partial charge in [0.25, 0.3) is 0 Å². The molecule has 0 saturated heterocycles. The Labute approximate surface area is 270 Å². The van der Waals surface area contributed by atoms with Gasteiger partial charge in [0.1, 0.15) is 5.82 Å². The summed E-state index contributed by atoms with van der Waals surface area (Å²) in [5, 5.41) is 6.87. The molecule has 4 rings (SSSR count). The number of nitrogens with zero attached hydrogens (tertiary/aromatic N) is 1. The summed E-state index contributed by atoms with van der Waals surface area (Å²) in [6.45, 7) is 11.8. The Kier molecular flexibility index (Phi) is 13.7. The normalized spacial score (nSPS) is 11.6. The summed E-state index contributed by atoms with van der Waals surface area (Å²) in [5.41, 5.74) is 7.00. The number of fused-ring (bicyclic) bond motifs is 1. The molecule has 0 saturated carbocycles. The smallest absolute Gasteiger partial charge is 0.211 e. The van der Waals surface area contributed by atoms with E-state index < -0.39 is 0 Å². The van der Waals surface area contributed by atoms with Crippen molar-refractivity contribution in [3.8, 4) is 11.5 Å². The second-order valence-electron chi connectivity index (χ2n) is 10.3. The Morgan fingerprint density at radius 1 is 1.02 bits per heavy atom. The maximum absolute atomic E-state index is 14.6. The Bertz CT molecular complexity index is 1640. The van der Waals surface area contributed by atoms with Crippen LogP contribution in [0.1, 0.15) is 48.6 Å². The molecule has 1 atom stereocenters. The molecule has 45 heavy (non-hydrogen) atoms. The van der Waals surface area contributed by atoms with Gasteiger partial charge in [-0.15, -0.1) is 0 Å². The standard InChI is InChI=1S/C22H22FNO2.C15H20N2OS/c1-5-14(2)15-6-7-17(19(23)11-15)10-16-8-9-24-20-13-22(26-4)21(25-3)12-18(16)20;1-12(9-10-19-3)17-15(13(2)16-11-18)14-7-5-4-6-8-14/h5-9,11-13H,10H2,1-4H3;4-8,11,15,17H,1-2,9-10H2,3H3,(H,16,18)/b14-5+;. The number of rotatable bonds is 14. The van der Waals surface area contributed by atoms with E-state index >= 15 is 0 Å². The predicted molar refractivity (Wildman–Crippen MR) is 186 cm³/mol. The number of hydrogen-bond donors (Lipinski definition) is 2. The Balaban J connectivity index is 0.000000259. The number of benzene rings is 3. The molecule has 236 valence electrons. The van der Waals surface area contributed by atoms with Gasteiger partial charge < -0.3 is 20.1 Å². The molecule has 2 N–H and O–H groups in total. The average Bonchev–Trinajstić information content (AvgIpc) is 3.06. The summed E-state index contributed by atoms with van der Waals surface area (Å²) in [7, 11) is 3.19.